The highest BCUT2D eigenvalue weighted by atomic mass is 14.3. The fraction of sp³-hybridized carbons (Fsp3) is 1.00. The Kier molecular flexibility index (Phi) is 17.0. The molecule has 0 aromatic rings. The van der Waals surface area contributed by atoms with Gasteiger partial charge in [0.15, 0.2) is 0 Å². The Balaban J connectivity index is 0. The molecule has 0 radical (unpaired) electrons. The molecule has 0 spiro atoms. The van der Waals surface area contributed by atoms with E-state index in [1.807, 2.05) is 13.8 Å². The maximum Gasteiger partial charge on any atom is -0.0412 e. The third-order valence-electron chi connectivity index (χ3n) is 3.98. The zero-order chi connectivity index (χ0) is 14.4. The molecule has 1 saturated carbocycles. The van der Waals surface area contributed by atoms with E-state index < -0.39 is 0 Å². The third kappa shape index (κ3) is 11.1. The molecule has 0 bridgehead atoms. The second-order valence-electron chi connectivity index (χ2n) is 5.75. The molecule has 0 saturated heterocycles. The molecule has 1 aliphatic carbocycles. The van der Waals surface area contributed by atoms with Crippen molar-refractivity contribution in [1.29, 1.82) is 0 Å². The largest absolute Gasteiger partial charge is 0.0683 e. The highest BCUT2D eigenvalue weighted by Crippen LogP contribution is 2.34. The highest BCUT2D eigenvalue weighted by molar-refractivity contribution is 4.73. The summed E-state index contributed by atoms with van der Waals surface area (Å²) >= 11 is 0. The van der Waals surface area contributed by atoms with Crippen LogP contribution in [0, 0.1) is 17.8 Å². The quantitative estimate of drug-likeness (QED) is 0.504. The molecule has 1 atom stereocenters. The average molecular weight is 257 g/mol. The molecule has 0 heteroatoms. The predicted molar refractivity (Wildman–Crippen MR) is 87.1 cm³/mol. The van der Waals surface area contributed by atoms with E-state index in [0.29, 0.717) is 0 Å². The van der Waals surface area contributed by atoms with Crippen LogP contribution in [-0.2, 0) is 0 Å². The molecular weight excluding hydrogens is 216 g/mol. The van der Waals surface area contributed by atoms with Crippen LogP contribution in [0.5, 0.6) is 0 Å². The summed E-state index contributed by atoms with van der Waals surface area (Å²) in [5, 5.41) is 0. The zero-order valence-electron chi connectivity index (χ0n) is 14.4. The normalized spacial score (nSPS) is 24.2. The standard InChI is InChI=1S/C13H26.C3H8.C2H6/c1-4-11(3)10-13-8-6-12(5-2)7-9-13;1-3-2;1-2/h11-13H,4-10H2,1-3H3;3H2,1-2H3;1-2H3. The van der Waals surface area contributed by atoms with Gasteiger partial charge < -0.3 is 0 Å². The van der Waals surface area contributed by atoms with Crippen molar-refractivity contribution in [2.75, 3.05) is 0 Å². The van der Waals surface area contributed by atoms with Crippen molar-refractivity contribution in [3.05, 3.63) is 0 Å². The van der Waals surface area contributed by atoms with Gasteiger partial charge in [-0.25, -0.2) is 0 Å². The van der Waals surface area contributed by atoms with Gasteiger partial charge in [0.2, 0.25) is 0 Å². The van der Waals surface area contributed by atoms with Crippen molar-refractivity contribution in [2.45, 2.75) is 99.8 Å². The Morgan fingerprint density at radius 2 is 1.22 bits per heavy atom. The lowest BCUT2D eigenvalue weighted by molar-refractivity contribution is 0.234. The van der Waals surface area contributed by atoms with E-state index in [1.54, 1.807) is 0 Å². The van der Waals surface area contributed by atoms with Crippen molar-refractivity contribution in [3.63, 3.8) is 0 Å². The van der Waals surface area contributed by atoms with Gasteiger partial charge in [-0.05, 0) is 24.2 Å². The molecular formula is C18H40. The fourth-order valence-corrected chi connectivity index (χ4v) is 2.61. The lowest BCUT2D eigenvalue weighted by Crippen LogP contribution is -2.15. The molecule has 0 nitrogen and oxygen atoms in total. The van der Waals surface area contributed by atoms with Crippen LogP contribution in [0.4, 0.5) is 0 Å². The first-order chi connectivity index (χ1) is 8.67. The molecule has 0 amide bonds. The topological polar surface area (TPSA) is 0 Å². The maximum atomic E-state index is 2.41. The number of hydrogen-bond donors (Lipinski definition) is 0. The first kappa shape index (κ1) is 20.3. The second-order valence-corrected chi connectivity index (χ2v) is 5.75. The monoisotopic (exact) mass is 256 g/mol. The smallest absolute Gasteiger partial charge is 0.0412 e. The van der Waals surface area contributed by atoms with Gasteiger partial charge in [0.25, 0.3) is 0 Å². The van der Waals surface area contributed by atoms with Gasteiger partial charge in [-0.3, -0.25) is 0 Å². The molecule has 1 rings (SSSR count). The van der Waals surface area contributed by atoms with Gasteiger partial charge in [-0.2, -0.15) is 0 Å². The summed E-state index contributed by atoms with van der Waals surface area (Å²) in [6.45, 7) is 15.3. The summed E-state index contributed by atoms with van der Waals surface area (Å²) < 4.78 is 0. The SMILES string of the molecule is CC.CCC.CCC(C)CC1CCC(CC)CC1. The molecule has 18 heavy (non-hydrogen) atoms. The van der Waals surface area contributed by atoms with Crippen molar-refractivity contribution in [3.8, 4) is 0 Å². The summed E-state index contributed by atoms with van der Waals surface area (Å²) in [5.41, 5.74) is 0. The van der Waals surface area contributed by atoms with E-state index in [9.17, 15) is 0 Å². The Morgan fingerprint density at radius 1 is 0.833 bits per heavy atom. The van der Waals surface area contributed by atoms with Crippen LogP contribution in [0.15, 0.2) is 0 Å². The minimum absolute atomic E-state index is 0.961. The van der Waals surface area contributed by atoms with Crippen molar-refractivity contribution < 1.29 is 0 Å². The molecule has 1 aliphatic rings. The van der Waals surface area contributed by atoms with E-state index in [0.717, 1.165) is 17.8 Å². The van der Waals surface area contributed by atoms with E-state index in [1.165, 1.54) is 51.4 Å². The van der Waals surface area contributed by atoms with Crippen LogP contribution in [0.25, 0.3) is 0 Å². The Bertz CT molecular complexity index is 131. The fourth-order valence-electron chi connectivity index (χ4n) is 2.61. The van der Waals surface area contributed by atoms with Gasteiger partial charge in [0.05, 0.1) is 0 Å². The summed E-state index contributed by atoms with van der Waals surface area (Å²) in [4.78, 5) is 0. The number of hydrogen-bond acceptors (Lipinski definition) is 0. The Hall–Kier alpha value is 0. The molecule has 0 aromatic carbocycles. The van der Waals surface area contributed by atoms with Gasteiger partial charge in [-0.1, -0.05) is 93.4 Å². The van der Waals surface area contributed by atoms with E-state index in [2.05, 4.69) is 34.6 Å². The summed E-state index contributed by atoms with van der Waals surface area (Å²) in [5.74, 6) is 3.09. The van der Waals surface area contributed by atoms with Crippen molar-refractivity contribution in [2.24, 2.45) is 17.8 Å². The average Bonchev–Trinajstić information content (AvgIpc) is 2.42. The summed E-state index contributed by atoms with van der Waals surface area (Å²) in [6, 6.07) is 0. The molecule has 112 valence electrons. The minimum Gasteiger partial charge on any atom is -0.0683 e. The summed E-state index contributed by atoms with van der Waals surface area (Å²) in [6.07, 6.45) is 11.6. The van der Waals surface area contributed by atoms with Gasteiger partial charge in [0, 0.05) is 0 Å². The van der Waals surface area contributed by atoms with Crippen LogP contribution in [0.1, 0.15) is 99.8 Å². The second kappa shape index (κ2) is 15.1. The van der Waals surface area contributed by atoms with E-state index >= 15 is 0 Å². The molecule has 1 fully saturated rings. The third-order valence-corrected chi connectivity index (χ3v) is 3.98. The van der Waals surface area contributed by atoms with Crippen molar-refractivity contribution >= 4 is 0 Å². The van der Waals surface area contributed by atoms with Gasteiger partial charge >= 0.3 is 0 Å². The zero-order valence-corrected chi connectivity index (χ0v) is 14.4. The van der Waals surface area contributed by atoms with Gasteiger partial charge in [-0.15, -0.1) is 0 Å². The number of rotatable bonds is 4. The predicted octanol–water partition coefficient (Wildman–Crippen LogP) is 7.08. The molecule has 0 aliphatic heterocycles. The molecule has 0 N–H and O–H groups in total. The van der Waals surface area contributed by atoms with Crippen LogP contribution in [0.2, 0.25) is 0 Å². The van der Waals surface area contributed by atoms with Crippen LogP contribution in [0.3, 0.4) is 0 Å². The Morgan fingerprint density at radius 3 is 1.56 bits per heavy atom. The lowest BCUT2D eigenvalue weighted by atomic mass is 9.77. The highest BCUT2D eigenvalue weighted by Gasteiger charge is 2.20. The lowest BCUT2D eigenvalue weighted by Gasteiger charge is -2.29. The van der Waals surface area contributed by atoms with Crippen LogP contribution >= 0.6 is 0 Å². The molecule has 0 aromatic heterocycles. The van der Waals surface area contributed by atoms with Gasteiger partial charge in [0.1, 0.15) is 0 Å². The first-order valence-electron chi connectivity index (χ1n) is 8.67. The van der Waals surface area contributed by atoms with Crippen LogP contribution in [-0.4, -0.2) is 0 Å². The van der Waals surface area contributed by atoms with E-state index in [-0.39, 0.29) is 0 Å². The molecule has 0 heterocycles. The maximum absolute atomic E-state index is 2.41. The van der Waals surface area contributed by atoms with Crippen LogP contribution < -0.4 is 0 Å². The first-order valence-corrected chi connectivity index (χ1v) is 8.67. The molecule has 1 unspecified atom stereocenters. The van der Waals surface area contributed by atoms with E-state index in [4.69, 9.17) is 0 Å². The van der Waals surface area contributed by atoms with Crippen molar-refractivity contribution in [1.82, 2.24) is 0 Å². The minimum atomic E-state index is 0.961. The Labute approximate surface area is 118 Å². The summed E-state index contributed by atoms with van der Waals surface area (Å²) in [7, 11) is 0.